The van der Waals surface area contributed by atoms with Gasteiger partial charge in [0, 0.05) is 14.7 Å². The van der Waals surface area contributed by atoms with Crippen molar-refractivity contribution in [3.8, 4) is 5.75 Å². The number of carbonyl (C=O) groups excluding carboxylic acids is 1. The average Bonchev–Trinajstić information content (AvgIpc) is 2.76. The van der Waals surface area contributed by atoms with Gasteiger partial charge in [-0.1, -0.05) is 36.4 Å². The number of halogens is 3. The quantitative estimate of drug-likeness (QED) is 0.234. The summed E-state index contributed by atoms with van der Waals surface area (Å²) in [5, 5.41) is 0. The minimum Gasteiger partial charge on any atom is -0.428 e. The van der Waals surface area contributed by atoms with Gasteiger partial charge in [0.25, 0.3) is 10.1 Å². The van der Waals surface area contributed by atoms with Gasteiger partial charge in [0.05, 0.1) is 0 Å². The van der Waals surface area contributed by atoms with Crippen LogP contribution in [0.2, 0.25) is 0 Å². The summed E-state index contributed by atoms with van der Waals surface area (Å²) in [5.74, 6) is -2.05. The second-order valence-corrected chi connectivity index (χ2v) is 13.1. The van der Waals surface area contributed by atoms with Crippen molar-refractivity contribution in [2.75, 3.05) is 5.75 Å². The molecule has 3 aromatic rings. The largest absolute Gasteiger partial charge is 0.514 e. The molecule has 0 bridgehead atoms. The molecular weight excluding hydrogens is 517 g/mol. The molecule has 0 aromatic heterocycles. The van der Waals surface area contributed by atoms with Gasteiger partial charge < -0.3 is 9.47 Å². The number of hydrogen-bond donors (Lipinski definition) is 0. The van der Waals surface area contributed by atoms with Gasteiger partial charge >= 0.3 is 12.3 Å². The topological polar surface area (TPSA) is 78.9 Å². The number of carbonyl (C=O) groups is 1. The number of ether oxygens (including phenoxy) is 2. The lowest BCUT2D eigenvalue weighted by molar-refractivity contribution is -0.107. The molecule has 6 nitrogen and oxygen atoms in total. The zero-order valence-corrected chi connectivity index (χ0v) is 21.3. The Hall–Kier alpha value is -3.02. The highest BCUT2D eigenvalue weighted by Gasteiger charge is 2.43. The number of alkyl halides is 3. The Balaban J connectivity index is 2.15. The Bertz CT molecular complexity index is 1230. The molecule has 194 valence electrons. The molecule has 0 aliphatic carbocycles. The van der Waals surface area contributed by atoms with E-state index in [4.69, 9.17) is 13.1 Å². The van der Waals surface area contributed by atoms with E-state index < -0.39 is 44.1 Å². The number of benzene rings is 3. The predicted octanol–water partition coefficient (Wildman–Crippen LogP) is 7.11. The summed E-state index contributed by atoms with van der Waals surface area (Å²) >= 11 is 0. The summed E-state index contributed by atoms with van der Waals surface area (Å²) in [6, 6.07) is 22.0. The van der Waals surface area contributed by atoms with E-state index in [1.165, 1.54) is 24.3 Å². The third kappa shape index (κ3) is 7.25. The summed E-state index contributed by atoms with van der Waals surface area (Å²) in [6.45, 7) is 5.02. The third-order valence-electron chi connectivity index (χ3n) is 4.44. The average molecular weight is 543 g/mol. The van der Waals surface area contributed by atoms with Gasteiger partial charge in [0.15, 0.2) is 5.75 Å². The summed E-state index contributed by atoms with van der Waals surface area (Å²) in [4.78, 5) is 13.0. The van der Waals surface area contributed by atoms with E-state index >= 15 is 0 Å². The fraction of sp³-hybridized carbons (Fsp3) is 0.240. The van der Waals surface area contributed by atoms with Gasteiger partial charge in [-0.25, -0.2) is 8.42 Å². The summed E-state index contributed by atoms with van der Waals surface area (Å²) in [6.07, 6.45) is -5.94. The van der Waals surface area contributed by atoms with E-state index in [0.29, 0.717) is 9.79 Å². The number of hydrogen-bond acceptors (Lipinski definition) is 6. The van der Waals surface area contributed by atoms with Crippen LogP contribution in [-0.2, 0) is 18.5 Å². The molecule has 36 heavy (non-hydrogen) atoms. The molecule has 0 radical (unpaired) electrons. The lowest BCUT2D eigenvalue weighted by atomic mass is 10.2. The van der Waals surface area contributed by atoms with E-state index in [1.54, 1.807) is 81.4 Å². The van der Waals surface area contributed by atoms with Gasteiger partial charge in [-0.3, -0.25) is 0 Å². The molecule has 0 aliphatic heterocycles. The molecule has 0 N–H and O–H groups in total. The van der Waals surface area contributed by atoms with Gasteiger partial charge in [-0.05, 0) is 79.6 Å². The molecule has 0 fully saturated rings. The molecular formula is C25H25F3O6S2. The van der Waals surface area contributed by atoms with E-state index in [-0.39, 0.29) is 10.6 Å². The highest BCUT2D eigenvalue weighted by atomic mass is 32.3. The number of rotatable bonds is 7. The van der Waals surface area contributed by atoms with E-state index in [2.05, 4.69) is 0 Å². The van der Waals surface area contributed by atoms with Crippen LogP contribution >= 0.6 is 10.3 Å². The second kappa shape index (κ2) is 10.5. The van der Waals surface area contributed by atoms with Gasteiger partial charge in [-0.2, -0.15) is 21.6 Å². The Morgan fingerprint density at radius 1 is 0.750 bits per heavy atom. The normalized spacial score (nSPS) is 13.2. The summed E-state index contributed by atoms with van der Waals surface area (Å²) in [5.41, 5.74) is -0.780. The Morgan fingerprint density at radius 3 is 1.61 bits per heavy atom. The maximum atomic E-state index is 13.1. The monoisotopic (exact) mass is 542 g/mol. The van der Waals surface area contributed by atoms with Crippen molar-refractivity contribution in [3.05, 3.63) is 84.9 Å². The Morgan fingerprint density at radius 2 is 1.19 bits per heavy atom. The fourth-order valence-corrected chi connectivity index (χ4v) is 8.39. The van der Waals surface area contributed by atoms with Crippen molar-refractivity contribution in [3.63, 3.8) is 0 Å². The Labute approximate surface area is 209 Å². The molecule has 0 unspecified atom stereocenters. The lowest BCUT2D eigenvalue weighted by Gasteiger charge is -2.39. The maximum absolute atomic E-state index is 13.1. The van der Waals surface area contributed by atoms with Crippen LogP contribution in [0.4, 0.5) is 18.0 Å². The van der Waals surface area contributed by atoms with Crippen LogP contribution in [-0.4, -0.2) is 32.1 Å². The molecule has 0 heterocycles. The first kappa shape index (κ1) is 27.6. The highest BCUT2D eigenvalue weighted by Crippen LogP contribution is 2.70. The predicted molar refractivity (Wildman–Crippen MR) is 130 cm³/mol. The van der Waals surface area contributed by atoms with Gasteiger partial charge in [0.2, 0.25) is 0 Å². The van der Waals surface area contributed by atoms with Crippen molar-refractivity contribution in [1.29, 1.82) is 0 Å². The first-order chi connectivity index (χ1) is 16.7. The van der Waals surface area contributed by atoms with Crippen molar-refractivity contribution >= 4 is 26.6 Å². The molecule has 0 saturated carbocycles. The van der Waals surface area contributed by atoms with Crippen molar-refractivity contribution < 1.29 is 39.5 Å². The van der Waals surface area contributed by atoms with E-state index in [9.17, 15) is 26.4 Å². The molecule has 0 saturated heterocycles. The van der Waals surface area contributed by atoms with Crippen LogP contribution in [0.5, 0.6) is 5.75 Å². The van der Waals surface area contributed by atoms with E-state index in [1.807, 2.05) is 0 Å². The minimum atomic E-state index is -5.08. The SMILES string of the molecule is CC(C)(C)OC(=O)Oc1ccc(S(OS(=O)(=O)CC(F)(F)F)(c2ccccc2)c2ccccc2)cc1. The fourth-order valence-electron chi connectivity index (χ4n) is 3.20. The minimum absolute atomic E-state index is 0.0978. The molecule has 0 atom stereocenters. The highest BCUT2D eigenvalue weighted by molar-refractivity contribution is 8.33. The van der Waals surface area contributed by atoms with Crippen LogP contribution in [0.1, 0.15) is 20.8 Å². The Kier molecular flexibility index (Phi) is 8.07. The zero-order chi connectivity index (χ0) is 26.6. The van der Waals surface area contributed by atoms with Gasteiger partial charge in [-0.15, -0.1) is 0 Å². The second-order valence-electron chi connectivity index (χ2n) is 8.61. The van der Waals surface area contributed by atoms with Crippen molar-refractivity contribution in [2.24, 2.45) is 0 Å². The standard InChI is InChI=1S/C25H25F3O6S2/c1-24(2,3)33-23(29)32-19-14-16-22(17-15-19)36(20-10-6-4-7-11-20,21-12-8-5-9-13-21)34-35(30,31)18-25(26,27)28/h4-17H,18H2,1-3H3. The smallest absolute Gasteiger partial charge is 0.428 e. The molecule has 3 rings (SSSR count). The van der Waals surface area contributed by atoms with Crippen LogP contribution in [0.25, 0.3) is 0 Å². The zero-order valence-electron chi connectivity index (χ0n) is 19.7. The van der Waals surface area contributed by atoms with Crippen LogP contribution in [0, 0.1) is 0 Å². The first-order valence-electron chi connectivity index (χ1n) is 10.7. The maximum Gasteiger partial charge on any atom is 0.514 e. The third-order valence-corrected chi connectivity index (χ3v) is 9.58. The van der Waals surface area contributed by atoms with Gasteiger partial charge in [0.1, 0.15) is 11.4 Å². The molecule has 3 aromatic carbocycles. The molecule has 0 aliphatic rings. The molecule has 11 heteroatoms. The van der Waals surface area contributed by atoms with Crippen LogP contribution in [0.3, 0.4) is 0 Å². The molecule has 0 amide bonds. The first-order valence-corrected chi connectivity index (χ1v) is 13.8. The lowest BCUT2D eigenvalue weighted by Crippen LogP contribution is -2.26. The summed E-state index contributed by atoms with van der Waals surface area (Å²) in [7, 11) is -8.28. The summed E-state index contributed by atoms with van der Waals surface area (Å²) < 4.78 is 80.6. The van der Waals surface area contributed by atoms with Crippen LogP contribution < -0.4 is 4.74 Å². The molecule has 0 spiro atoms. The van der Waals surface area contributed by atoms with E-state index in [0.717, 1.165) is 0 Å². The van der Waals surface area contributed by atoms with Crippen molar-refractivity contribution in [1.82, 2.24) is 0 Å². The van der Waals surface area contributed by atoms with Crippen LogP contribution in [0.15, 0.2) is 99.6 Å². The van der Waals surface area contributed by atoms with Crippen molar-refractivity contribution in [2.45, 2.75) is 47.2 Å².